The third kappa shape index (κ3) is 3.21. The molecule has 0 bridgehead atoms. The van der Waals surface area contributed by atoms with Crippen LogP contribution >= 0.6 is 22.6 Å². The molecule has 1 heterocycles. The fraction of sp³-hybridized carbons (Fsp3) is 0.0588. The summed E-state index contributed by atoms with van der Waals surface area (Å²) in [6.07, 6.45) is 1.75. The number of rotatable bonds is 2. The first-order valence-corrected chi connectivity index (χ1v) is 7.55. The predicted molar refractivity (Wildman–Crippen MR) is 90.9 cm³/mol. The van der Waals surface area contributed by atoms with Crippen LogP contribution < -0.4 is 0 Å². The van der Waals surface area contributed by atoms with Crippen LogP contribution in [0.15, 0.2) is 59.2 Å². The molecule has 0 radical (unpaired) electrons. The van der Waals surface area contributed by atoms with Gasteiger partial charge in [-0.15, -0.1) is 0 Å². The number of benzene rings is 2. The van der Waals surface area contributed by atoms with Gasteiger partial charge in [0.15, 0.2) is 5.70 Å². The molecular weight excluding hydrogens is 377 g/mol. The van der Waals surface area contributed by atoms with Crippen LogP contribution in [0.5, 0.6) is 0 Å². The van der Waals surface area contributed by atoms with E-state index in [0.29, 0.717) is 11.6 Å². The molecule has 104 valence electrons. The Bertz CT molecular complexity index is 761. The van der Waals surface area contributed by atoms with Crippen molar-refractivity contribution in [1.82, 2.24) is 0 Å². The monoisotopic (exact) mass is 389 g/mol. The average Bonchev–Trinajstić information content (AvgIpc) is 2.81. The molecule has 1 aliphatic heterocycles. The van der Waals surface area contributed by atoms with Gasteiger partial charge in [0.05, 0.1) is 0 Å². The molecule has 0 spiro atoms. The highest BCUT2D eigenvalue weighted by Crippen LogP contribution is 2.20. The Morgan fingerprint density at radius 2 is 1.90 bits per heavy atom. The van der Waals surface area contributed by atoms with E-state index in [2.05, 4.69) is 27.6 Å². The Morgan fingerprint density at radius 1 is 1.14 bits per heavy atom. The van der Waals surface area contributed by atoms with E-state index < -0.39 is 5.97 Å². The summed E-state index contributed by atoms with van der Waals surface area (Å²) in [6, 6.07) is 15.6. The molecule has 3 nitrogen and oxygen atoms in total. The first kappa shape index (κ1) is 14.0. The smallest absolute Gasteiger partial charge is 0.363 e. The van der Waals surface area contributed by atoms with Crippen molar-refractivity contribution in [3.05, 3.63) is 74.5 Å². The minimum Gasteiger partial charge on any atom is -0.402 e. The van der Waals surface area contributed by atoms with Crippen LogP contribution in [0, 0.1) is 10.5 Å². The summed E-state index contributed by atoms with van der Waals surface area (Å²) in [5.41, 5.74) is 3.21. The SMILES string of the molecule is Cc1cccc(/C=C2\N=C(c3ccc(I)cc3)OC2=O)c1. The van der Waals surface area contributed by atoms with Crippen molar-refractivity contribution < 1.29 is 9.53 Å². The average molecular weight is 389 g/mol. The molecule has 1 aliphatic rings. The molecular formula is C17H12INO2. The second-order valence-corrected chi connectivity index (χ2v) is 6.00. The Morgan fingerprint density at radius 3 is 2.62 bits per heavy atom. The second kappa shape index (κ2) is 5.81. The number of aryl methyl sites for hydroxylation is 1. The molecule has 3 rings (SSSR count). The van der Waals surface area contributed by atoms with E-state index in [1.54, 1.807) is 6.08 Å². The van der Waals surface area contributed by atoms with Crippen molar-refractivity contribution in [2.24, 2.45) is 4.99 Å². The van der Waals surface area contributed by atoms with E-state index in [4.69, 9.17) is 4.74 Å². The molecule has 2 aromatic rings. The summed E-state index contributed by atoms with van der Waals surface area (Å²) in [6.45, 7) is 2.01. The summed E-state index contributed by atoms with van der Waals surface area (Å²) < 4.78 is 6.36. The predicted octanol–water partition coefficient (Wildman–Crippen LogP) is 3.94. The summed E-state index contributed by atoms with van der Waals surface area (Å²) in [4.78, 5) is 16.2. The van der Waals surface area contributed by atoms with Crippen LogP contribution in [0.2, 0.25) is 0 Å². The highest BCUT2D eigenvalue weighted by Gasteiger charge is 2.23. The molecule has 4 heteroatoms. The van der Waals surface area contributed by atoms with Gasteiger partial charge in [-0.3, -0.25) is 0 Å². The van der Waals surface area contributed by atoms with Crippen molar-refractivity contribution in [2.45, 2.75) is 6.92 Å². The summed E-state index contributed by atoms with van der Waals surface area (Å²) in [5.74, 6) is -0.0552. The van der Waals surface area contributed by atoms with Gasteiger partial charge in [0, 0.05) is 9.13 Å². The lowest BCUT2D eigenvalue weighted by atomic mass is 10.1. The first-order valence-electron chi connectivity index (χ1n) is 6.47. The molecule has 0 saturated heterocycles. The molecule has 0 unspecified atom stereocenters. The van der Waals surface area contributed by atoms with Crippen LogP contribution in [0.4, 0.5) is 0 Å². The maximum atomic E-state index is 11.9. The molecule has 0 saturated carbocycles. The number of aliphatic imine (C=N–C) groups is 1. The maximum Gasteiger partial charge on any atom is 0.363 e. The van der Waals surface area contributed by atoms with E-state index in [1.165, 1.54) is 0 Å². The van der Waals surface area contributed by atoms with Gasteiger partial charge < -0.3 is 4.74 Å². The van der Waals surface area contributed by atoms with E-state index in [1.807, 2.05) is 55.5 Å². The number of esters is 1. The van der Waals surface area contributed by atoms with Gasteiger partial charge in [0.25, 0.3) is 0 Å². The lowest BCUT2D eigenvalue weighted by Gasteiger charge is -1.98. The van der Waals surface area contributed by atoms with E-state index >= 15 is 0 Å². The van der Waals surface area contributed by atoms with Crippen molar-refractivity contribution in [3.8, 4) is 0 Å². The van der Waals surface area contributed by atoms with Gasteiger partial charge >= 0.3 is 5.97 Å². The van der Waals surface area contributed by atoms with Crippen molar-refractivity contribution in [2.75, 3.05) is 0 Å². The van der Waals surface area contributed by atoms with Gasteiger partial charge in [-0.2, -0.15) is 0 Å². The van der Waals surface area contributed by atoms with Gasteiger partial charge in [0.1, 0.15) is 0 Å². The molecule has 0 atom stereocenters. The third-order valence-corrected chi connectivity index (χ3v) is 3.78. The van der Waals surface area contributed by atoms with E-state index in [9.17, 15) is 4.79 Å². The molecule has 0 N–H and O–H groups in total. The highest BCUT2D eigenvalue weighted by atomic mass is 127. The van der Waals surface area contributed by atoms with E-state index in [-0.39, 0.29) is 0 Å². The molecule has 0 fully saturated rings. The minimum atomic E-state index is -0.412. The molecule has 2 aromatic carbocycles. The Hall–Kier alpha value is -1.95. The van der Waals surface area contributed by atoms with Crippen molar-refractivity contribution in [3.63, 3.8) is 0 Å². The van der Waals surface area contributed by atoms with Gasteiger partial charge in [-0.25, -0.2) is 9.79 Å². The lowest BCUT2D eigenvalue weighted by Crippen LogP contribution is -2.05. The quantitative estimate of drug-likeness (QED) is 0.443. The number of cyclic esters (lactones) is 1. The zero-order valence-electron chi connectivity index (χ0n) is 11.3. The number of hydrogen-bond donors (Lipinski definition) is 0. The van der Waals surface area contributed by atoms with Crippen LogP contribution in [-0.4, -0.2) is 11.9 Å². The zero-order chi connectivity index (χ0) is 14.8. The Kier molecular flexibility index (Phi) is 3.88. The summed E-state index contributed by atoms with van der Waals surface area (Å²) >= 11 is 2.23. The fourth-order valence-corrected chi connectivity index (χ4v) is 2.40. The topological polar surface area (TPSA) is 38.7 Å². The molecule has 0 aliphatic carbocycles. The van der Waals surface area contributed by atoms with E-state index in [0.717, 1.165) is 20.3 Å². The summed E-state index contributed by atoms with van der Waals surface area (Å²) in [7, 11) is 0. The van der Waals surface area contributed by atoms with Gasteiger partial charge in [0.2, 0.25) is 5.90 Å². The third-order valence-electron chi connectivity index (χ3n) is 3.06. The maximum absolute atomic E-state index is 11.9. The molecule has 0 aromatic heterocycles. The minimum absolute atomic E-state index is 0.328. The standard InChI is InChI=1S/C17H12INO2/c1-11-3-2-4-12(9-11)10-15-17(20)21-16(19-15)13-5-7-14(18)8-6-13/h2-10H,1H3/b15-10-. The van der Waals surface area contributed by atoms with Crippen molar-refractivity contribution in [1.29, 1.82) is 0 Å². The molecule has 21 heavy (non-hydrogen) atoms. The fourth-order valence-electron chi connectivity index (χ4n) is 2.04. The van der Waals surface area contributed by atoms with Crippen molar-refractivity contribution >= 4 is 40.5 Å². The lowest BCUT2D eigenvalue weighted by molar-refractivity contribution is -0.129. The normalized spacial score (nSPS) is 16.0. The second-order valence-electron chi connectivity index (χ2n) is 4.76. The van der Waals surface area contributed by atoms with Crippen LogP contribution in [0.25, 0.3) is 6.08 Å². The van der Waals surface area contributed by atoms with Crippen LogP contribution in [0.3, 0.4) is 0 Å². The number of halogens is 1. The number of hydrogen-bond acceptors (Lipinski definition) is 3. The zero-order valence-corrected chi connectivity index (χ0v) is 13.5. The largest absolute Gasteiger partial charge is 0.402 e. The molecule has 0 amide bonds. The number of carbonyl (C=O) groups is 1. The summed E-state index contributed by atoms with van der Waals surface area (Å²) in [5, 5.41) is 0. The number of ether oxygens (including phenoxy) is 1. The van der Waals surface area contributed by atoms with Gasteiger partial charge in [-0.05, 0) is 65.4 Å². The highest BCUT2D eigenvalue weighted by molar-refractivity contribution is 14.1. The van der Waals surface area contributed by atoms with Crippen LogP contribution in [-0.2, 0) is 9.53 Å². The van der Waals surface area contributed by atoms with Gasteiger partial charge in [-0.1, -0.05) is 29.8 Å². The van der Waals surface area contributed by atoms with Crippen LogP contribution in [0.1, 0.15) is 16.7 Å². The number of carbonyl (C=O) groups excluding carboxylic acids is 1. The number of nitrogens with zero attached hydrogens (tertiary/aromatic N) is 1. The Labute approximate surface area is 136 Å². The Balaban J connectivity index is 1.93. The first-order chi connectivity index (χ1) is 10.1.